The van der Waals surface area contributed by atoms with Crippen molar-refractivity contribution in [3.63, 3.8) is 0 Å². The summed E-state index contributed by atoms with van der Waals surface area (Å²) < 4.78 is 36.2. The maximum Gasteiger partial charge on any atom is 0.338 e. The number of hydrogen-bond donors (Lipinski definition) is 5. The molecule has 1 aromatic rings. The monoisotopic (exact) mass is 732 g/mol. The van der Waals surface area contributed by atoms with Crippen molar-refractivity contribution in [3.8, 4) is 0 Å². The van der Waals surface area contributed by atoms with Crippen LogP contribution in [0.1, 0.15) is 71.2 Å². The van der Waals surface area contributed by atoms with Crippen LogP contribution in [0.5, 0.6) is 0 Å². The van der Waals surface area contributed by atoms with Crippen LogP contribution in [0.2, 0.25) is 0 Å². The molecule has 5 aliphatic rings. The molecule has 5 N–H and O–H groups in total. The molecular formula is C37H48O15. The molecular weight excluding hydrogens is 684 g/mol. The molecule has 0 spiro atoms. The van der Waals surface area contributed by atoms with Gasteiger partial charge in [-0.15, -0.1) is 0 Å². The molecule has 1 aromatic carbocycles. The second kappa shape index (κ2) is 13.5. The van der Waals surface area contributed by atoms with Gasteiger partial charge in [-0.25, -0.2) is 4.79 Å². The van der Waals surface area contributed by atoms with Gasteiger partial charge in [0.1, 0.15) is 30.0 Å². The number of ether oxygens (including phenoxy) is 6. The maximum atomic E-state index is 15.3. The topological polar surface area (TPSA) is 225 Å². The van der Waals surface area contributed by atoms with E-state index in [2.05, 4.69) is 0 Å². The normalized spacial score (nSPS) is 42.4. The third-order valence-corrected chi connectivity index (χ3v) is 12.2. The number of aliphatic hydroxyl groups is 5. The van der Waals surface area contributed by atoms with Gasteiger partial charge in [0, 0.05) is 38.5 Å². The number of benzene rings is 1. The first-order valence-electron chi connectivity index (χ1n) is 17.5. The van der Waals surface area contributed by atoms with Crippen molar-refractivity contribution in [1.82, 2.24) is 0 Å². The molecule has 15 heteroatoms. The summed E-state index contributed by atoms with van der Waals surface area (Å²) in [5.74, 6) is -4.70. The minimum absolute atomic E-state index is 0.116. The van der Waals surface area contributed by atoms with Crippen LogP contribution in [0.25, 0.3) is 0 Å². The smallest absolute Gasteiger partial charge is 0.338 e. The average molecular weight is 733 g/mol. The van der Waals surface area contributed by atoms with Crippen molar-refractivity contribution < 1.29 is 73.1 Å². The number of aliphatic hydroxyl groups excluding tert-OH is 4. The summed E-state index contributed by atoms with van der Waals surface area (Å²) >= 11 is 0. The Morgan fingerprint density at radius 3 is 2.23 bits per heavy atom. The molecule has 6 rings (SSSR count). The Labute approximate surface area is 300 Å². The molecule has 0 amide bonds. The molecule has 2 bridgehead atoms. The van der Waals surface area contributed by atoms with Crippen LogP contribution in [-0.2, 0) is 42.8 Å². The molecule has 0 aromatic heterocycles. The average Bonchev–Trinajstić information content (AvgIpc) is 3.07. The van der Waals surface area contributed by atoms with Crippen LogP contribution in [0, 0.1) is 16.7 Å². The van der Waals surface area contributed by atoms with Gasteiger partial charge >= 0.3 is 17.9 Å². The highest BCUT2D eigenvalue weighted by atomic mass is 16.7. The number of hydrogen-bond acceptors (Lipinski definition) is 15. The fourth-order valence-corrected chi connectivity index (χ4v) is 9.37. The lowest BCUT2D eigenvalue weighted by Crippen LogP contribution is -2.82. The molecule has 4 fully saturated rings. The van der Waals surface area contributed by atoms with Gasteiger partial charge in [0.05, 0.1) is 48.4 Å². The molecule has 52 heavy (non-hydrogen) atoms. The molecule has 0 radical (unpaired) electrons. The van der Waals surface area contributed by atoms with Crippen molar-refractivity contribution in [2.75, 3.05) is 13.2 Å². The molecule has 2 saturated heterocycles. The van der Waals surface area contributed by atoms with Gasteiger partial charge in [-0.1, -0.05) is 32.0 Å². The highest BCUT2D eigenvalue weighted by Gasteiger charge is 2.78. The van der Waals surface area contributed by atoms with E-state index in [-0.39, 0.29) is 37.0 Å². The van der Waals surface area contributed by atoms with Crippen molar-refractivity contribution in [2.45, 2.75) is 127 Å². The van der Waals surface area contributed by atoms with Crippen LogP contribution in [0.15, 0.2) is 41.5 Å². The van der Waals surface area contributed by atoms with Gasteiger partial charge < -0.3 is 54.0 Å². The van der Waals surface area contributed by atoms with E-state index in [0.29, 0.717) is 5.57 Å². The first kappa shape index (κ1) is 38.4. The minimum atomic E-state index is -2.23. The summed E-state index contributed by atoms with van der Waals surface area (Å²) in [5, 5.41) is 56.1. The standard InChI is InChI=1S/C37H48O15/c1-17-22(49-26-12-21(41)28(43)23(15-38)50-26)14-37(46)32(51-33(45)20-10-8-7-9-11-20)30-35(6,24(42)13-25-36(30,16-47-25)52-19(3)40)31(44)29(48-18(2)39)27(17)34(37,4)5/h7-11,21-26,28-30,32,38,41-43,46H,12-16H2,1-6H3/t21-,22+,23-,24+,25-,26+,28-,29-,30-,32+,35-,36+,37-/m1/s1. The first-order valence-corrected chi connectivity index (χ1v) is 17.5. The second-order valence-corrected chi connectivity index (χ2v) is 15.5. The minimum Gasteiger partial charge on any atom is -0.455 e. The molecule has 15 nitrogen and oxygen atoms in total. The zero-order valence-electron chi connectivity index (χ0n) is 30.0. The molecule has 286 valence electrons. The van der Waals surface area contributed by atoms with Crippen LogP contribution >= 0.6 is 0 Å². The molecule has 2 saturated carbocycles. The van der Waals surface area contributed by atoms with Crippen molar-refractivity contribution in [2.24, 2.45) is 16.7 Å². The van der Waals surface area contributed by atoms with Gasteiger partial charge in [0.2, 0.25) is 0 Å². The largest absolute Gasteiger partial charge is 0.455 e. The molecule has 0 unspecified atom stereocenters. The zero-order chi connectivity index (χ0) is 38.1. The van der Waals surface area contributed by atoms with Crippen LogP contribution in [-0.4, -0.2) is 129 Å². The third-order valence-electron chi connectivity index (χ3n) is 12.2. The number of Topliss-reactive ketones (excluding diaryl/α,β-unsaturated/α-hetero) is 1. The number of rotatable bonds is 7. The van der Waals surface area contributed by atoms with E-state index in [4.69, 9.17) is 28.4 Å². The summed E-state index contributed by atoms with van der Waals surface area (Å²) in [6.07, 6.45) is -12.9. The van der Waals surface area contributed by atoms with Gasteiger partial charge in [-0.05, 0) is 37.1 Å². The quantitative estimate of drug-likeness (QED) is 0.146. The van der Waals surface area contributed by atoms with Crippen LogP contribution in [0.4, 0.5) is 0 Å². The highest BCUT2D eigenvalue weighted by molar-refractivity contribution is 5.95. The lowest BCUT2D eigenvalue weighted by Gasteiger charge is -2.67. The van der Waals surface area contributed by atoms with Gasteiger partial charge in [-0.3, -0.25) is 14.4 Å². The Hall–Kier alpha value is -3.28. The predicted octanol–water partition coefficient (Wildman–Crippen LogP) is 0.506. The summed E-state index contributed by atoms with van der Waals surface area (Å²) in [7, 11) is 0. The predicted molar refractivity (Wildman–Crippen MR) is 176 cm³/mol. The van der Waals surface area contributed by atoms with Crippen molar-refractivity contribution in [3.05, 3.63) is 47.0 Å². The van der Waals surface area contributed by atoms with E-state index in [1.807, 2.05) is 0 Å². The van der Waals surface area contributed by atoms with Gasteiger partial charge in [-0.2, -0.15) is 0 Å². The van der Waals surface area contributed by atoms with E-state index in [0.717, 1.165) is 6.92 Å². The summed E-state index contributed by atoms with van der Waals surface area (Å²) in [5.41, 5.74) is -6.83. The van der Waals surface area contributed by atoms with Gasteiger partial charge in [0.25, 0.3) is 0 Å². The maximum absolute atomic E-state index is 15.3. The highest BCUT2D eigenvalue weighted by Crippen LogP contribution is 2.64. The Bertz CT molecular complexity index is 1630. The zero-order valence-corrected chi connectivity index (χ0v) is 30.0. The van der Waals surface area contributed by atoms with E-state index in [1.54, 1.807) is 39.0 Å². The number of carbonyl (C=O) groups excluding carboxylic acids is 4. The Kier molecular flexibility index (Phi) is 10.0. The fourth-order valence-electron chi connectivity index (χ4n) is 9.37. The Morgan fingerprint density at radius 1 is 0.981 bits per heavy atom. The molecule has 13 atom stereocenters. The summed E-state index contributed by atoms with van der Waals surface area (Å²) in [6, 6.07) is 7.96. The van der Waals surface area contributed by atoms with E-state index in [1.165, 1.54) is 26.0 Å². The summed E-state index contributed by atoms with van der Waals surface area (Å²) in [6.45, 7) is 7.69. The Balaban J connectivity index is 1.60. The molecule has 2 aliphatic heterocycles. The van der Waals surface area contributed by atoms with Crippen LogP contribution < -0.4 is 0 Å². The molecule has 2 heterocycles. The first-order chi connectivity index (χ1) is 24.3. The van der Waals surface area contributed by atoms with Gasteiger partial charge in [0.15, 0.2) is 23.8 Å². The third kappa shape index (κ3) is 5.80. The van der Waals surface area contributed by atoms with Crippen molar-refractivity contribution in [1.29, 1.82) is 0 Å². The number of esters is 3. The van der Waals surface area contributed by atoms with E-state index < -0.39 is 113 Å². The lowest BCUT2D eigenvalue weighted by molar-refractivity contribution is -0.347. The van der Waals surface area contributed by atoms with Crippen LogP contribution in [0.3, 0.4) is 0 Å². The van der Waals surface area contributed by atoms with E-state index >= 15 is 4.79 Å². The van der Waals surface area contributed by atoms with E-state index in [9.17, 15) is 39.9 Å². The fraction of sp³-hybridized carbons (Fsp3) is 0.676. The second-order valence-electron chi connectivity index (χ2n) is 15.5. The SMILES string of the molecule is CC(=O)O[C@H]1C(=O)[C@]2(C)[C@@H](O)C[C@H]3OC[C@@]3(OC(C)=O)[C@@H]2[C@H](OC(=O)c2ccccc2)[C@]2(O)C[C@H](O[C@@H]3C[C@@H](O)[C@@H](O)[C@@H](CO)O3)C(C)=C1C2(C)C. The Morgan fingerprint density at radius 2 is 1.65 bits per heavy atom. The number of ketones is 1. The number of fused-ring (bicyclic) bond motifs is 5. The lowest BCUT2D eigenvalue weighted by atomic mass is 9.44. The number of carbonyl (C=O) groups is 4. The molecule has 3 aliphatic carbocycles. The summed E-state index contributed by atoms with van der Waals surface area (Å²) in [4.78, 5) is 55.0. The van der Waals surface area contributed by atoms with Crippen molar-refractivity contribution >= 4 is 23.7 Å².